The predicted molar refractivity (Wildman–Crippen MR) is 113 cm³/mol. The van der Waals surface area contributed by atoms with Crippen molar-refractivity contribution in [2.45, 2.75) is 32.7 Å². The number of aryl methyl sites for hydroxylation is 1. The summed E-state index contributed by atoms with van der Waals surface area (Å²) in [4.78, 5) is 30.3. The number of aromatic nitrogens is 2. The van der Waals surface area contributed by atoms with Crippen molar-refractivity contribution in [3.05, 3.63) is 76.9 Å². The van der Waals surface area contributed by atoms with Crippen molar-refractivity contribution in [1.82, 2.24) is 9.55 Å². The van der Waals surface area contributed by atoms with Crippen LogP contribution in [0.3, 0.4) is 0 Å². The van der Waals surface area contributed by atoms with Crippen LogP contribution in [-0.4, -0.2) is 21.4 Å². The topological polar surface area (TPSA) is 99.8 Å². The van der Waals surface area contributed by atoms with Crippen LogP contribution in [0, 0.1) is 18.3 Å². The van der Waals surface area contributed by atoms with Crippen LogP contribution in [-0.2, 0) is 13.0 Å². The third-order valence-corrected chi connectivity index (χ3v) is 5.06. The van der Waals surface area contributed by atoms with Crippen LogP contribution >= 0.6 is 0 Å². The Balaban J connectivity index is 1.63. The molecule has 1 aromatic heterocycles. The van der Waals surface area contributed by atoms with Gasteiger partial charge in [0.2, 0.25) is 0 Å². The first-order valence-electron chi connectivity index (χ1n) is 9.84. The molecule has 2 aromatic carbocycles. The second-order valence-corrected chi connectivity index (χ2v) is 7.31. The summed E-state index contributed by atoms with van der Waals surface area (Å²) in [6.07, 6.45) is 2.56. The number of nitrogens with zero attached hydrogens (tertiary/aromatic N) is 3. The maximum atomic E-state index is 12.9. The number of benzene rings is 2. The van der Waals surface area contributed by atoms with Gasteiger partial charge < -0.3 is 15.2 Å². The number of hydrogen-bond acceptors (Lipinski definition) is 4. The average molecular weight is 399 g/mol. The molecule has 150 valence electrons. The largest absolute Gasteiger partial charge is 0.323 e. The van der Waals surface area contributed by atoms with Gasteiger partial charge in [0.05, 0.1) is 17.3 Å². The predicted octanol–water partition coefficient (Wildman–Crippen LogP) is 3.90. The van der Waals surface area contributed by atoms with Gasteiger partial charge in [0.15, 0.2) is 11.5 Å². The lowest BCUT2D eigenvalue weighted by Crippen LogP contribution is -2.21. The number of hydrogen-bond donors (Lipinski definition) is 2. The zero-order valence-corrected chi connectivity index (χ0v) is 16.6. The number of amides is 2. The molecule has 0 radical (unpaired) electrons. The molecular formula is C23H21N5O2. The van der Waals surface area contributed by atoms with Crippen molar-refractivity contribution in [3.63, 3.8) is 0 Å². The normalized spacial score (nSPS) is 12.5. The SMILES string of the molecule is Cc1cccc(NC(=O)c2nc(C(=O)Nc3cccc(C#N)c3)n3c2CCCC3)c1. The molecule has 2 N–H and O–H groups in total. The van der Waals surface area contributed by atoms with Crippen molar-refractivity contribution in [3.8, 4) is 6.07 Å². The van der Waals surface area contributed by atoms with E-state index < -0.39 is 5.91 Å². The molecule has 3 aromatic rings. The quantitative estimate of drug-likeness (QED) is 0.695. The summed E-state index contributed by atoms with van der Waals surface area (Å²) in [7, 11) is 0. The van der Waals surface area contributed by atoms with Crippen molar-refractivity contribution < 1.29 is 9.59 Å². The molecule has 7 nitrogen and oxygen atoms in total. The molecule has 2 amide bonds. The number of rotatable bonds is 4. The Kier molecular flexibility index (Phi) is 5.31. The number of carbonyl (C=O) groups excluding carboxylic acids is 2. The summed E-state index contributed by atoms with van der Waals surface area (Å²) >= 11 is 0. The van der Waals surface area contributed by atoms with E-state index in [1.165, 1.54) is 0 Å². The van der Waals surface area contributed by atoms with Crippen molar-refractivity contribution in [2.75, 3.05) is 10.6 Å². The Morgan fingerprint density at radius 2 is 1.77 bits per heavy atom. The number of nitrogens with one attached hydrogen (secondary N) is 2. The van der Waals surface area contributed by atoms with Gasteiger partial charge >= 0.3 is 0 Å². The maximum Gasteiger partial charge on any atom is 0.291 e. The lowest BCUT2D eigenvalue weighted by molar-refractivity contribution is 0.101. The second kappa shape index (κ2) is 8.21. The lowest BCUT2D eigenvalue weighted by atomic mass is 10.1. The molecule has 4 rings (SSSR count). The summed E-state index contributed by atoms with van der Waals surface area (Å²) in [5.41, 5.74) is 3.76. The van der Waals surface area contributed by atoms with E-state index in [1.807, 2.05) is 35.8 Å². The zero-order valence-electron chi connectivity index (χ0n) is 16.6. The molecule has 0 saturated carbocycles. The molecule has 0 aliphatic carbocycles. The zero-order chi connectivity index (χ0) is 21.1. The summed E-state index contributed by atoms with van der Waals surface area (Å²) in [6.45, 7) is 2.60. The van der Waals surface area contributed by atoms with Crippen LogP contribution < -0.4 is 10.6 Å². The van der Waals surface area contributed by atoms with Crippen LogP contribution in [0.4, 0.5) is 11.4 Å². The van der Waals surface area contributed by atoms with Crippen LogP contribution in [0.15, 0.2) is 48.5 Å². The maximum absolute atomic E-state index is 12.9. The first-order chi connectivity index (χ1) is 14.5. The van der Waals surface area contributed by atoms with Crippen molar-refractivity contribution in [1.29, 1.82) is 5.26 Å². The highest BCUT2D eigenvalue weighted by Crippen LogP contribution is 2.23. The Labute approximate surface area is 174 Å². The van der Waals surface area contributed by atoms with Gasteiger partial charge in [0.1, 0.15) is 0 Å². The summed E-state index contributed by atoms with van der Waals surface area (Å²) < 4.78 is 1.83. The van der Waals surface area contributed by atoms with E-state index in [9.17, 15) is 9.59 Å². The Morgan fingerprint density at radius 3 is 2.53 bits per heavy atom. The molecule has 2 heterocycles. The minimum atomic E-state index is -0.400. The number of carbonyl (C=O) groups is 2. The standard InChI is InChI=1S/C23H21N5O2/c1-15-6-4-8-17(12-15)25-22(29)20-19-10-2-3-11-28(19)21(27-20)23(30)26-18-9-5-7-16(13-18)14-24/h4-9,12-13H,2-3,10-11H2,1H3,(H,25,29)(H,26,30). The molecule has 1 aliphatic rings. The molecule has 0 atom stereocenters. The molecule has 30 heavy (non-hydrogen) atoms. The van der Waals surface area contributed by atoms with E-state index >= 15 is 0 Å². The van der Waals surface area contributed by atoms with Crippen LogP contribution in [0.25, 0.3) is 0 Å². The number of imidazole rings is 1. The minimum absolute atomic E-state index is 0.210. The number of anilines is 2. The first kappa shape index (κ1) is 19.4. The summed E-state index contributed by atoms with van der Waals surface area (Å²) in [6, 6.07) is 16.3. The van der Waals surface area contributed by atoms with Gasteiger partial charge in [-0.25, -0.2) is 4.98 Å². The Hall–Kier alpha value is -3.92. The minimum Gasteiger partial charge on any atom is -0.323 e. The first-order valence-corrected chi connectivity index (χ1v) is 9.84. The fraction of sp³-hybridized carbons (Fsp3) is 0.217. The van der Waals surface area contributed by atoms with Gasteiger partial charge in [-0.15, -0.1) is 0 Å². The monoisotopic (exact) mass is 399 g/mol. The van der Waals surface area contributed by atoms with E-state index in [0.29, 0.717) is 29.9 Å². The number of nitriles is 1. The van der Waals surface area contributed by atoms with Gasteiger partial charge in [-0.05, 0) is 62.1 Å². The summed E-state index contributed by atoms with van der Waals surface area (Å²) in [5.74, 6) is -0.513. The smallest absolute Gasteiger partial charge is 0.291 e. The van der Waals surface area contributed by atoms with Crippen molar-refractivity contribution >= 4 is 23.2 Å². The molecule has 0 bridgehead atoms. The Bertz CT molecular complexity index is 1170. The van der Waals surface area contributed by atoms with Gasteiger partial charge in [0, 0.05) is 17.9 Å². The molecular weight excluding hydrogens is 378 g/mol. The third-order valence-electron chi connectivity index (χ3n) is 5.06. The molecule has 1 aliphatic heterocycles. The average Bonchev–Trinajstić information content (AvgIpc) is 3.14. The van der Waals surface area contributed by atoms with Crippen molar-refractivity contribution in [2.24, 2.45) is 0 Å². The van der Waals surface area contributed by atoms with E-state index in [2.05, 4.69) is 21.7 Å². The fourth-order valence-corrected chi connectivity index (χ4v) is 3.66. The van der Waals surface area contributed by atoms with Gasteiger partial charge in [-0.3, -0.25) is 9.59 Å². The van der Waals surface area contributed by atoms with Gasteiger partial charge in [0.25, 0.3) is 11.8 Å². The molecule has 0 saturated heterocycles. The third kappa shape index (κ3) is 3.94. The molecule has 0 unspecified atom stereocenters. The highest BCUT2D eigenvalue weighted by molar-refractivity contribution is 6.07. The van der Waals surface area contributed by atoms with Gasteiger partial charge in [-0.2, -0.15) is 5.26 Å². The van der Waals surface area contributed by atoms with Gasteiger partial charge in [-0.1, -0.05) is 18.2 Å². The van der Waals surface area contributed by atoms with E-state index in [4.69, 9.17) is 5.26 Å². The molecule has 7 heteroatoms. The van der Waals surface area contributed by atoms with E-state index in [-0.39, 0.29) is 17.4 Å². The lowest BCUT2D eigenvalue weighted by Gasteiger charge is -2.17. The Morgan fingerprint density at radius 1 is 1.03 bits per heavy atom. The van der Waals surface area contributed by atoms with E-state index in [1.54, 1.807) is 24.3 Å². The molecule has 0 spiro atoms. The highest BCUT2D eigenvalue weighted by Gasteiger charge is 2.27. The highest BCUT2D eigenvalue weighted by atomic mass is 16.2. The summed E-state index contributed by atoms with van der Waals surface area (Å²) in [5, 5.41) is 14.7. The van der Waals surface area contributed by atoms with Crippen LogP contribution in [0.2, 0.25) is 0 Å². The van der Waals surface area contributed by atoms with E-state index in [0.717, 1.165) is 24.1 Å². The molecule has 0 fully saturated rings. The second-order valence-electron chi connectivity index (χ2n) is 7.31. The fourth-order valence-electron chi connectivity index (χ4n) is 3.66. The number of fused-ring (bicyclic) bond motifs is 1. The van der Waals surface area contributed by atoms with Crippen LogP contribution in [0.1, 0.15) is 50.8 Å². The van der Waals surface area contributed by atoms with Crippen LogP contribution in [0.5, 0.6) is 0 Å².